The molecule has 0 fully saturated rings. The number of amides is 1. The third-order valence-corrected chi connectivity index (χ3v) is 5.82. The molecule has 0 atom stereocenters. The van der Waals surface area contributed by atoms with E-state index in [1.165, 1.54) is 0 Å². The number of furan rings is 1. The van der Waals surface area contributed by atoms with Crippen molar-refractivity contribution in [3.05, 3.63) is 94.5 Å². The number of hydrogen-bond acceptors (Lipinski definition) is 5. The number of carbonyl (C=O) groups excluding carboxylic acids is 2. The number of para-hydroxylation sites is 2. The summed E-state index contributed by atoms with van der Waals surface area (Å²) < 4.78 is 10.9. The number of carbonyl (C=O) groups is 2. The van der Waals surface area contributed by atoms with E-state index in [9.17, 15) is 9.59 Å². The molecule has 164 valence electrons. The van der Waals surface area contributed by atoms with Gasteiger partial charge in [0, 0.05) is 5.39 Å². The Kier molecular flexibility index (Phi) is 5.67. The first-order chi connectivity index (χ1) is 16.1. The summed E-state index contributed by atoms with van der Waals surface area (Å²) in [5, 5.41) is 3.77. The van der Waals surface area contributed by atoms with Crippen LogP contribution in [0.5, 0.6) is 0 Å². The number of nitrogens with zero attached hydrogens (tertiary/aromatic N) is 1. The minimum atomic E-state index is -0.557. The number of esters is 1. The first-order valence-electron chi connectivity index (χ1n) is 10.5. The van der Waals surface area contributed by atoms with Gasteiger partial charge in [-0.25, -0.2) is 9.78 Å². The second-order valence-electron chi connectivity index (χ2n) is 7.62. The van der Waals surface area contributed by atoms with Gasteiger partial charge in [-0.1, -0.05) is 41.9 Å². The molecule has 1 aliphatic carbocycles. The molecule has 0 unspecified atom stereocenters. The molecule has 2 aromatic carbocycles. The highest BCUT2D eigenvalue weighted by Gasteiger charge is 2.28. The average molecular weight is 459 g/mol. The van der Waals surface area contributed by atoms with E-state index in [1.807, 2.05) is 42.5 Å². The molecule has 0 aliphatic heterocycles. The van der Waals surface area contributed by atoms with Crippen LogP contribution >= 0.6 is 11.6 Å². The molecule has 4 aromatic rings. The highest BCUT2D eigenvalue weighted by molar-refractivity contribution is 6.33. The standard InChI is InChI=1S/C26H19ClN2O4/c27-20-8-2-4-10-22(20)28-23(30)15-33-26(31)24-18-7-1-3-9-21(18)29-25-16(11-12-19(24)25)14-17-6-5-13-32-17/h1-10,13-14H,11-12,15H2,(H,28,30)/b16-14+. The summed E-state index contributed by atoms with van der Waals surface area (Å²) in [5.74, 6) is -0.295. The maximum absolute atomic E-state index is 13.2. The summed E-state index contributed by atoms with van der Waals surface area (Å²) in [6.07, 6.45) is 4.94. The Labute approximate surface area is 194 Å². The fourth-order valence-corrected chi connectivity index (χ4v) is 4.19. The van der Waals surface area contributed by atoms with Gasteiger partial charge in [-0.05, 0) is 60.4 Å². The highest BCUT2D eigenvalue weighted by atomic mass is 35.5. The monoisotopic (exact) mass is 458 g/mol. The molecule has 2 aromatic heterocycles. The van der Waals surface area contributed by atoms with Crippen LogP contribution < -0.4 is 5.32 Å². The number of halogens is 1. The van der Waals surface area contributed by atoms with Gasteiger partial charge in [-0.15, -0.1) is 0 Å². The summed E-state index contributed by atoms with van der Waals surface area (Å²) in [4.78, 5) is 30.3. The molecule has 2 heterocycles. The normalized spacial score (nSPS) is 13.8. The van der Waals surface area contributed by atoms with Crippen molar-refractivity contribution in [3.63, 3.8) is 0 Å². The number of pyridine rings is 1. The van der Waals surface area contributed by atoms with Gasteiger partial charge >= 0.3 is 5.97 Å². The molecule has 0 saturated heterocycles. The maximum Gasteiger partial charge on any atom is 0.339 e. The minimum Gasteiger partial charge on any atom is -0.465 e. The maximum atomic E-state index is 13.2. The van der Waals surface area contributed by atoms with Crippen molar-refractivity contribution in [1.29, 1.82) is 0 Å². The van der Waals surface area contributed by atoms with Crippen LogP contribution in [-0.4, -0.2) is 23.5 Å². The summed E-state index contributed by atoms with van der Waals surface area (Å²) in [6.45, 7) is -0.426. The van der Waals surface area contributed by atoms with Crippen molar-refractivity contribution in [3.8, 4) is 0 Å². The minimum absolute atomic E-state index is 0.408. The third kappa shape index (κ3) is 4.25. The van der Waals surface area contributed by atoms with Gasteiger partial charge in [0.1, 0.15) is 5.76 Å². The lowest BCUT2D eigenvalue weighted by atomic mass is 10.0. The van der Waals surface area contributed by atoms with Gasteiger partial charge in [0.05, 0.1) is 33.7 Å². The highest BCUT2D eigenvalue weighted by Crippen LogP contribution is 2.37. The summed E-state index contributed by atoms with van der Waals surface area (Å²) >= 11 is 6.08. The molecule has 6 nitrogen and oxygen atoms in total. The fraction of sp³-hybridized carbons (Fsp3) is 0.115. The Bertz CT molecular complexity index is 1390. The predicted octanol–water partition coefficient (Wildman–Crippen LogP) is 5.76. The Hall–Kier alpha value is -3.90. The third-order valence-electron chi connectivity index (χ3n) is 5.49. The van der Waals surface area contributed by atoms with Crippen molar-refractivity contribution in [1.82, 2.24) is 4.98 Å². The number of anilines is 1. The van der Waals surface area contributed by atoms with Gasteiger partial charge in [0.2, 0.25) is 0 Å². The van der Waals surface area contributed by atoms with Crippen LogP contribution in [0, 0.1) is 0 Å². The zero-order valence-corrected chi connectivity index (χ0v) is 18.3. The average Bonchev–Trinajstić information content (AvgIpc) is 3.48. The number of hydrogen-bond donors (Lipinski definition) is 1. The van der Waals surface area contributed by atoms with E-state index < -0.39 is 18.5 Å². The Morgan fingerprint density at radius 2 is 1.88 bits per heavy atom. The lowest BCUT2D eigenvalue weighted by Crippen LogP contribution is -2.22. The topological polar surface area (TPSA) is 81.4 Å². The van der Waals surface area contributed by atoms with Crippen LogP contribution in [0.1, 0.15) is 33.8 Å². The smallest absolute Gasteiger partial charge is 0.339 e. The number of fused-ring (bicyclic) bond motifs is 2. The van der Waals surface area contributed by atoms with E-state index >= 15 is 0 Å². The Morgan fingerprint density at radius 3 is 2.70 bits per heavy atom. The molecule has 0 bridgehead atoms. The molecule has 33 heavy (non-hydrogen) atoms. The molecule has 7 heteroatoms. The Morgan fingerprint density at radius 1 is 1.06 bits per heavy atom. The van der Waals surface area contributed by atoms with Crippen LogP contribution in [-0.2, 0) is 16.0 Å². The van der Waals surface area contributed by atoms with E-state index in [4.69, 9.17) is 25.7 Å². The molecule has 5 rings (SSSR count). The van der Waals surface area contributed by atoms with E-state index in [0.29, 0.717) is 33.6 Å². The SMILES string of the molecule is O=C(COC(=O)c1c2c(nc3ccccc13)/C(=C/c1ccco1)CC2)Nc1ccccc1Cl. The number of benzene rings is 2. The van der Waals surface area contributed by atoms with Crippen molar-refractivity contribution >= 4 is 51.7 Å². The summed E-state index contributed by atoms with van der Waals surface area (Å²) in [6, 6.07) is 18.0. The van der Waals surface area contributed by atoms with Crippen LogP contribution in [0.25, 0.3) is 22.6 Å². The van der Waals surface area contributed by atoms with Crippen LogP contribution in [0.4, 0.5) is 5.69 Å². The van der Waals surface area contributed by atoms with Gasteiger partial charge < -0.3 is 14.5 Å². The number of aromatic nitrogens is 1. The largest absolute Gasteiger partial charge is 0.465 e. The second kappa shape index (κ2) is 8.92. The van der Waals surface area contributed by atoms with Crippen LogP contribution in [0.3, 0.4) is 0 Å². The lowest BCUT2D eigenvalue weighted by molar-refractivity contribution is -0.119. The molecular weight excluding hydrogens is 440 g/mol. The molecule has 1 N–H and O–H groups in total. The van der Waals surface area contributed by atoms with Gasteiger partial charge in [-0.2, -0.15) is 0 Å². The fourth-order valence-electron chi connectivity index (χ4n) is 4.01. The van der Waals surface area contributed by atoms with E-state index in [-0.39, 0.29) is 0 Å². The van der Waals surface area contributed by atoms with Gasteiger partial charge in [0.15, 0.2) is 6.61 Å². The molecule has 1 aliphatic rings. The first-order valence-corrected chi connectivity index (χ1v) is 10.9. The zero-order chi connectivity index (χ0) is 22.8. The van der Waals surface area contributed by atoms with E-state index in [2.05, 4.69) is 5.32 Å². The second-order valence-corrected chi connectivity index (χ2v) is 8.03. The van der Waals surface area contributed by atoms with Crippen molar-refractivity contribution in [2.24, 2.45) is 0 Å². The van der Waals surface area contributed by atoms with Crippen molar-refractivity contribution < 1.29 is 18.7 Å². The molecule has 0 saturated carbocycles. The first kappa shape index (κ1) is 21.0. The van der Waals surface area contributed by atoms with Crippen LogP contribution in [0.15, 0.2) is 71.3 Å². The Balaban J connectivity index is 1.43. The number of ether oxygens (including phenoxy) is 1. The number of rotatable bonds is 5. The summed E-state index contributed by atoms with van der Waals surface area (Å²) in [5.41, 5.74) is 4.18. The van der Waals surface area contributed by atoms with Crippen molar-refractivity contribution in [2.45, 2.75) is 12.8 Å². The quantitative estimate of drug-likeness (QED) is 0.384. The number of nitrogens with one attached hydrogen (secondary N) is 1. The molecule has 0 radical (unpaired) electrons. The predicted molar refractivity (Wildman–Crippen MR) is 127 cm³/mol. The number of allylic oxidation sites excluding steroid dienone is 1. The molecule has 1 amide bonds. The zero-order valence-electron chi connectivity index (χ0n) is 17.5. The molecule has 0 spiro atoms. The van der Waals surface area contributed by atoms with E-state index in [0.717, 1.165) is 29.0 Å². The lowest BCUT2D eigenvalue weighted by Gasteiger charge is -2.12. The van der Waals surface area contributed by atoms with Gasteiger partial charge in [0.25, 0.3) is 5.91 Å². The summed E-state index contributed by atoms with van der Waals surface area (Å²) in [7, 11) is 0. The molecular formula is C26H19ClN2O4. The van der Waals surface area contributed by atoms with E-state index in [1.54, 1.807) is 30.5 Å². The van der Waals surface area contributed by atoms with Crippen molar-refractivity contribution in [2.75, 3.05) is 11.9 Å². The van der Waals surface area contributed by atoms with Crippen LogP contribution in [0.2, 0.25) is 5.02 Å². The van der Waals surface area contributed by atoms with Gasteiger partial charge in [-0.3, -0.25) is 4.79 Å².